The van der Waals surface area contributed by atoms with Crippen molar-refractivity contribution in [3.63, 3.8) is 0 Å². The average molecular weight is 319 g/mol. The first-order valence-electron chi connectivity index (χ1n) is 5.98. The maximum absolute atomic E-state index is 13.0. The molecular weight excluding hydrogens is 304 g/mol. The Hall–Kier alpha value is -1.67. The summed E-state index contributed by atoms with van der Waals surface area (Å²) in [6.45, 7) is 1.08. The van der Waals surface area contributed by atoms with E-state index in [1.807, 2.05) is 0 Å². The Kier molecular flexibility index (Phi) is 6.10. The number of aliphatic carboxylic acids is 1. The van der Waals surface area contributed by atoms with Crippen molar-refractivity contribution in [3.05, 3.63) is 29.8 Å². The second-order valence-electron chi connectivity index (χ2n) is 4.71. The summed E-state index contributed by atoms with van der Waals surface area (Å²) in [7, 11) is 0. The van der Waals surface area contributed by atoms with Crippen LogP contribution in [0.4, 0.5) is 8.78 Å². The quantitative estimate of drug-likeness (QED) is 0.661. The predicted octanol–water partition coefficient (Wildman–Crippen LogP) is 1.40. The number of nitrogens with one attached hydrogen (secondary N) is 1. The Morgan fingerprint density at radius 3 is 2.57 bits per heavy atom. The molecule has 5 nitrogen and oxygen atoms in total. The van der Waals surface area contributed by atoms with Gasteiger partial charge in [0.1, 0.15) is 0 Å². The van der Waals surface area contributed by atoms with E-state index in [1.165, 1.54) is 13.0 Å². The molecule has 0 spiro atoms. The van der Waals surface area contributed by atoms with Crippen LogP contribution in [0.15, 0.2) is 23.1 Å². The summed E-state index contributed by atoms with van der Waals surface area (Å²) in [6.07, 6.45) is -0.496. The van der Waals surface area contributed by atoms with Gasteiger partial charge < -0.3 is 15.5 Å². The molecule has 0 heterocycles. The molecule has 21 heavy (non-hydrogen) atoms. The second-order valence-corrected chi connectivity index (χ2v) is 5.76. The smallest absolute Gasteiger partial charge is 0.306 e. The normalized spacial score (nSPS) is 13.5. The first-order chi connectivity index (χ1) is 9.69. The van der Waals surface area contributed by atoms with Crippen LogP contribution in [-0.4, -0.2) is 40.0 Å². The molecule has 1 atom stereocenters. The maximum Gasteiger partial charge on any atom is 0.306 e. The molecule has 1 aromatic carbocycles. The molecule has 1 unspecified atom stereocenters. The van der Waals surface area contributed by atoms with Crippen LogP contribution in [0.5, 0.6) is 0 Å². The van der Waals surface area contributed by atoms with Gasteiger partial charge >= 0.3 is 5.97 Å². The van der Waals surface area contributed by atoms with Crippen LogP contribution in [0, 0.1) is 11.6 Å². The summed E-state index contributed by atoms with van der Waals surface area (Å²) in [6, 6.07) is 3.29. The number of aliphatic hydroxyl groups is 1. The fourth-order valence-electron chi connectivity index (χ4n) is 1.44. The molecule has 0 aliphatic carbocycles. The molecule has 8 heteroatoms. The van der Waals surface area contributed by atoms with Gasteiger partial charge in [-0.15, -0.1) is 11.8 Å². The molecule has 3 N–H and O–H groups in total. The van der Waals surface area contributed by atoms with E-state index in [0.717, 1.165) is 23.9 Å². The number of thioether (sulfide) groups is 1. The van der Waals surface area contributed by atoms with Gasteiger partial charge in [-0.05, 0) is 25.1 Å². The molecule has 0 saturated carbocycles. The van der Waals surface area contributed by atoms with E-state index in [-0.39, 0.29) is 12.3 Å². The highest BCUT2D eigenvalue weighted by Crippen LogP contribution is 2.20. The molecule has 0 aliphatic rings. The van der Waals surface area contributed by atoms with Crippen LogP contribution in [0.2, 0.25) is 0 Å². The third-order valence-electron chi connectivity index (χ3n) is 2.46. The summed E-state index contributed by atoms with van der Waals surface area (Å²) >= 11 is 0.999. The van der Waals surface area contributed by atoms with Crippen LogP contribution < -0.4 is 5.32 Å². The predicted molar refractivity (Wildman–Crippen MR) is 73.0 cm³/mol. The molecule has 0 saturated heterocycles. The minimum atomic E-state index is -1.55. The van der Waals surface area contributed by atoms with Gasteiger partial charge in [0.2, 0.25) is 5.91 Å². The van der Waals surface area contributed by atoms with E-state index in [0.29, 0.717) is 4.90 Å². The minimum Gasteiger partial charge on any atom is -0.481 e. The van der Waals surface area contributed by atoms with Gasteiger partial charge in [0.15, 0.2) is 11.6 Å². The lowest BCUT2D eigenvalue weighted by molar-refractivity contribution is -0.142. The third-order valence-corrected chi connectivity index (χ3v) is 3.45. The van der Waals surface area contributed by atoms with Gasteiger partial charge in [-0.2, -0.15) is 0 Å². The molecule has 0 radical (unpaired) electrons. The van der Waals surface area contributed by atoms with Gasteiger partial charge in [0.05, 0.1) is 17.8 Å². The number of hydrogen-bond acceptors (Lipinski definition) is 4. The largest absolute Gasteiger partial charge is 0.481 e. The zero-order valence-electron chi connectivity index (χ0n) is 11.2. The third kappa shape index (κ3) is 6.54. The first-order valence-corrected chi connectivity index (χ1v) is 6.97. The Labute approximate surface area is 124 Å². The molecule has 116 valence electrons. The van der Waals surface area contributed by atoms with Crippen LogP contribution in [-0.2, 0) is 9.59 Å². The average Bonchev–Trinajstić information content (AvgIpc) is 2.36. The number of benzene rings is 1. The summed E-state index contributed by atoms with van der Waals surface area (Å²) in [5.41, 5.74) is -1.55. The lowest BCUT2D eigenvalue weighted by atomic mass is 10.0. The number of hydrogen-bond donors (Lipinski definition) is 3. The highest BCUT2D eigenvalue weighted by molar-refractivity contribution is 8.00. The Morgan fingerprint density at radius 2 is 2.00 bits per heavy atom. The van der Waals surface area contributed by atoms with E-state index in [9.17, 15) is 23.5 Å². The monoisotopic (exact) mass is 319 g/mol. The topological polar surface area (TPSA) is 86.6 Å². The van der Waals surface area contributed by atoms with Crippen molar-refractivity contribution < 1.29 is 28.6 Å². The Morgan fingerprint density at radius 1 is 1.33 bits per heavy atom. The lowest BCUT2D eigenvalue weighted by Gasteiger charge is -2.21. The van der Waals surface area contributed by atoms with Gasteiger partial charge in [-0.25, -0.2) is 8.78 Å². The SMILES string of the molecule is CC(O)(CNC(=O)CSc1ccc(F)c(F)c1)CC(=O)O. The standard InChI is InChI=1S/C13H15F2NO4S/c1-13(20,5-12(18)19)7-16-11(17)6-21-8-2-3-9(14)10(15)4-8/h2-4,20H,5-7H2,1H3,(H,16,17)(H,18,19). The van der Waals surface area contributed by atoms with Crippen LogP contribution >= 0.6 is 11.8 Å². The number of rotatable bonds is 7. The highest BCUT2D eigenvalue weighted by Gasteiger charge is 2.24. The first kappa shape index (κ1) is 17.4. The molecule has 1 rings (SSSR count). The molecular formula is C13H15F2NO4S. The molecule has 1 aromatic rings. The molecule has 0 bridgehead atoms. The highest BCUT2D eigenvalue weighted by atomic mass is 32.2. The number of carboxylic acid groups (broad SMARTS) is 1. The maximum atomic E-state index is 13.0. The number of amides is 1. The van der Waals surface area contributed by atoms with Crippen molar-refractivity contribution in [1.82, 2.24) is 5.32 Å². The van der Waals surface area contributed by atoms with E-state index in [1.54, 1.807) is 0 Å². The summed E-state index contributed by atoms with van der Waals surface area (Å²) in [5.74, 6) is -3.65. The van der Waals surface area contributed by atoms with Crippen LogP contribution in [0.1, 0.15) is 13.3 Å². The fourth-order valence-corrected chi connectivity index (χ4v) is 2.19. The fraction of sp³-hybridized carbons (Fsp3) is 0.385. The zero-order valence-corrected chi connectivity index (χ0v) is 12.0. The number of carboxylic acids is 1. The van der Waals surface area contributed by atoms with Gasteiger partial charge in [0.25, 0.3) is 0 Å². The number of carbonyl (C=O) groups is 2. The second kappa shape index (κ2) is 7.37. The summed E-state index contributed by atoms with van der Waals surface area (Å²) in [5, 5.41) is 20.6. The Bertz CT molecular complexity index is 537. The zero-order chi connectivity index (χ0) is 16.0. The molecule has 0 aliphatic heterocycles. The van der Waals surface area contributed by atoms with Crippen molar-refractivity contribution in [1.29, 1.82) is 0 Å². The summed E-state index contributed by atoms with van der Waals surface area (Å²) in [4.78, 5) is 22.4. The van der Waals surface area contributed by atoms with Crippen molar-refractivity contribution in [2.45, 2.75) is 23.8 Å². The number of carbonyl (C=O) groups excluding carboxylic acids is 1. The van der Waals surface area contributed by atoms with E-state index < -0.39 is 35.5 Å². The van der Waals surface area contributed by atoms with Crippen molar-refractivity contribution in [2.75, 3.05) is 12.3 Å². The van der Waals surface area contributed by atoms with Gasteiger partial charge in [0, 0.05) is 11.4 Å². The van der Waals surface area contributed by atoms with E-state index in [4.69, 9.17) is 5.11 Å². The van der Waals surface area contributed by atoms with Crippen LogP contribution in [0.25, 0.3) is 0 Å². The Balaban J connectivity index is 2.40. The van der Waals surface area contributed by atoms with Crippen molar-refractivity contribution in [2.24, 2.45) is 0 Å². The molecule has 1 amide bonds. The van der Waals surface area contributed by atoms with Crippen molar-refractivity contribution >= 4 is 23.6 Å². The van der Waals surface area contributed by atoms with E-state index >= 15 is 0 Å². The van der Waals surface area contributed by atoms with Gasteiger partial charge in [-0.1, -0.05) is 0 Å². The number of halogens is 2. The van der Waals surface area contributed by atoms with E-state index in [2.05, 4.69) is 5.32 Å². The summed E-state index contributed by atoms with van der Waals surface area (Å²) < 4.78 is 25.7. The lowest BCUT2D eigenvalue weighted by Crippen LogP contribution is -2.42. The van der Waals surface area contributed by atoms with Crippen molar-refractivity contribution in [3.8, 4) is 0 Å². The van der Waals surface area contributed by atoms with Crippen LogP contribution in [0.3, 0.4) is 0 Å². The minimum absolute atomic E-state index is 0.0613. The van der Waals surface area contributed by atoms with Gasteiger partial charge in [-0.3, -0.25) is 9.59 Å². The molecule has 0 fully saturated rings. The molecule has 0 aromatic heterocycles.